The lowest BCUT2D eigenvalue weighted by atomic mass is 9.89. The zero-order valence-electron chi connectivity index (χ0n) is 15.3. The molecule has 2 aliphatic heterocycles. The maximum absolute atomic E-state index is 13.7. The van der Waals surface area contributed by atoms with Crippen LogP contribution in [0.4, 0.5) is 0 Å². The number of amides is 1. The molecule has 1 amide bonds. The molecule has 136 valence electrons. The van der Waals surface area contributed by atoms with Gasteiger partial charge in [0, 0.05) is 52.1 Å². The van der Waals surface area contributed by atoms with E-state index >= 15 is 0 Å². The molecule has 0 bridgehead atoms. The summed E-state index contributed by atoms with van der Waals surface area (Å²) in [5.74, 6) is 0.312. The molecule has 2 saturated heterocycles. The number of morpholine rings is 1. The van der Waals surface area contributed by atoms with Crippen LogP contribution in [-0.4, -0.2) is 72.7 Å². The van der Waals surface area contributed by atoms with Crippen LogP contribution in [-0.2, 0) is 22.4 Å². The van der Waals surface area contributed by atoms with E-state index in [1.807, 2.05) is 0 Å². The summed E-state index contributed by atoms with van der Waals surface area (Å²) < 4.78 is 5.95. The molecule has 1 aromatic carbocycles. The van der Waals surface area contributed by atoms with Gasteiger partial charge in [-0.1, -0.05) is 24.3 Å². The Morgan fingerprint density at radius 3 is 2.20 bits per heavy atom. The minimum absolute atomic E-state index is 0.167. The van der Waals surface area contributed by atoms with Crippen LogP contribution < -0.4 is 5.32 Å². The van der Waals surface area contributed by atoms with Gasteiger partial charge in [-0.15, -0.1) is 0 Å². The van der Waals surface area contributed by atoms with Gasteiger partial charge in [0.15, 0.2) is 0 Å². The highest BCUT2D eigenvalue weighted by Crippen LogP contribution is 2.38. The van der Waals surface area contributed by atoms with Crippen molar-refractivity contribution in [3.05, 3.63) is 35.4 Å². The van der Waals surface area contributed by atoms with E-state index in [1.165, 1.54) is 11.1 Å². The lowest BCUT2D eigenvalue weighted by molar-refractivity contribution is -0.155. The van der Waals surface area contributed by atoms with Gasteiger partial charge >= 0.3 is 0 Å². The number of fused-ring (bicyclic) bond motifs is 1. The number of carbonyl (C=O) groups is 1. The molecule has 0 spiro atoms. The quantitative estimate of drug-likeness (QED) is 0.872. The third kappa shape index (κ3) is 3.09. The summed E-state index contributed by atoms with van der Waals surface area (Å²) in [5, 5.41) is 3.36. The summed E-state index contributed by atoms with van der Waals surface area (Å²) in [6, 6.07) is 8.56. The Labute approximate surface area is 150 Å². The standard InChI is InChI=1S/C20H29N3O2/c1-15-13-23(14-16(2)25-15)20(19(24)22-9-7-21-8-10-22)11-17-5-3-4-6-18(17)12-20/h3-6,15-16,21H,7-14H2,1-2H3/t15-,16+. The fraction of sp³-hybridized carbons (Fsp3) is 0.650. The number of hydrogen-bond donors (Lipinski definition) is 1. The lowest BCUT2D eigenvalue weighted by Gasteiger charge is -2.48. The van der Waals surface area contributed by atoms with Gasteiger partial charge < -0.3 is 15.0 Å². The van der Waals surface area contributed by atoms with Crippen LogP contribution in [0.3, 0.4) is 0 Å². The highest BCUT2D eigenvalue weighted by atomic mass is 16.5. The summed E-state index contributed by atoms with van der Waals surface area (Å²) in [6.07, 6.45) is 1.98. The van der Waals surface area contributed by atoms with E-state index in [0.29, 0.717) is 5.91 Å². The topological polar surface area (TPSA) is 44.8 Å². The van der Waals surface area contributed by atoms with Gasteiger partial charge in [0.05, 0.1) is 12.2 Å². The second-order valence-electron chi connectivity index (χ2n) is 7.86. The molecule has 5 heteroatoms. The molecule has 0 radical (unpaired) electrons. The van der Waals surface area contributed by atoms with E-state index < -0.39 is 5.54 Å². The normalized spacial score (nSPS) is 29.4. The Morgan fingerprint density at radius 2 is 1.64 bits per heavy atom. The SMILES string of the molecule is C[C@@H]1CN(C2(C(=O)N3CCNCC3)Cc3ccccc3C2)C[C@H](C)O1. The molecule has 1 aliphatic carbocycles. The Hall–Kier alpha value is -1.43. The zero-order chi connectivity index (χ0) is 17.4. The predicted molar refractivity (Wildman–Crippen MR) is 97.6 cm³/mol. The molecule has 1 aromatic rings. The van der Waals surface area contributed by atoms with E-state index in [2.05, 4.69) is 53.2 Å². The van der Waals surface area contributed by atoms with Crippen molar-refractivity contribution in [2.45, 2.75) is 44.4 Å². The molecule has 2 heterocycles. The summed E-state index contributed by atoms with van der Waals surface area (Å²) >= 11 is 0. The summed E-state index contributed by atoms with van der Waals surface area (Å²) in [7, 11) is 0. The first-order valence-electron chi connectivity index (χ1n) is 9.56. The molecule has 0 saturated carbocycles. The van der Waals surface area contributed by atoms with E-state index in [9.17, 15) is 4.79 Å². The van der Waals surface area contributed by atoms with Crippen LogP contribution >= 0.6 is 0 Å². The van der Waals surface area contributed by atoms with Gasteiger partial charge in [-0.25, -0.2) is 0 Å². The van der Waals surface area contributed by atoms with Crippen molar-refractivity contribution in [3.8, 4) is 0 Å². The molecule has 4 rings (SSSR count). The Bertz CT molecular complexity index is 607. The molecule has 0 unspecified atom stereocenters. The van der Waals surface area contributed by atoms with Crippen molar-refractivity contribution in [1.29, 1.82) is 0 Å². The van der Waals surface area contributed by atoms with Crippen LogP contribution in [0.2, 0.25) is 0 Å². The Balaban J connectivity index is 1.68. The minimum atomic E-state index is -0.437. The van der Waals surface area contributed by atoms with Gasteiger partial charge in [-0.05, 0) is 25.0 Å². The monoisotopic (exact) mass is 343 g/mol. The predicted octanol–water partition coefficient (Wildman–Crippen LogP) is 1.07. The molecule has 0 aromatic heterocycles. The molecule has 5 nitrogen and oxygen atoms in total. The highest BCUT2D eigenvalue weighted by molar-refractivity contribution is 5.88. The van der Waals surface area contributed by atoms with Crippen molar-refractivity contribution in [3.63, 3.8) is 0 Å². The van der Waals surface area contributed by atoms with Crippen molar-refractivity contribution in [2.24, 2.45) is 0 Å². The molecule has 2 fully saturated rings. The molecular formula is C20H29N3O2. The number of piperazine rings is 1. The van der Waals surface area contributed by atoms with Gasteiger partial charge in [0.2, 0.25) is 5.91 Å². The molecule has 2 atom stereocenters. The third-order valence-corrected chi connectivity index (χ3v) is 5.91. The Morgan fingerprint density at radius 1 is 1.08 bits per heavy atom. The average Bonchev–Trinajstić information content (AvgIpc) is 3.02. The number of ether oxygens (including phenoxy) is 1. The van der Waals surface area contributed by atoms with Gasteiger partial charge in [-0.2, -0.15) is 0 Å². The van der Waals surface area contributed by atoms with Crippen molar-refractivity contribution in [1.82, 2.24) is 15.1 Å². The van der Waals surface area contributed by atoms with Crippen LogP contribution in [0.25, 0.3) is 0 Å². The first-order valence-corrected chi connectivity index (χ1v) is 9.56. The van der Waals surface area contributed by atoms with Crippen LogP contribution in [0, 0.1) is 0 Å². The number of nitrogens with one attached hydrogen (secondary N) is 1. The summed E-state index contributed by atoms with van der Waals surface area (Å²) in [4.78, 5) is 18.2. The van der Waals surface area contributed by atoms with Crippen molar-refractivity contribution in [2.75, 3.05) is 39.3 Å². The van der Waals surface area contributed by atoms with Crippen LogP contribution in [0.1, 0.15) is 25.0 Å². The van der Waals surface area contributed by atoms with E-state index in [4.69, 9.17) is 4.74 Å². The average molecular weight is 343 g/mol. The fourth-order valence-electron chi connectivity index (χ4n) is 4.79. The second kappa shape index (κ2) is 6.71. The number of nitrogens with zero attached hydrogens (tertiary/aromatic N) is 2. The number of rotatable bonds is 2. The largest absolute Gasteiger partial charge is 0.373 e. The maximum Gasteiger partial charge on any atom is 0.243 e. The van der Waals surface area contributed by atoms with Gasteiger partial charge in [0.25, 0.3) is 0 Å². The second-order valence-corrected chi connectivity index (χ2v) is 7.86. The van der Waals surface area contributed by atoms with Crippen molar-refractivity contribution < 1.29 is 9.53 Å². The van der Waals surface area contributed by atoms with Gasteiger partial charge in [-0.3, -0.25) is 9.69 Å². The Kier molecular flexibility index (Phi) is 4.56. The van der Waals surface area contributed by atoms with Crippen molar-refractivity contribution >= 4 is 5.91 Å². The number of hydrogen-bond acceptors (Lipinski definition) is 4. The smallest absolute Gasteiger partial charge is 0.243 e. The minimum Gasteiger partial charge on any atom is -0.373 e. The third-order valence-electron chi connectivity index (χ3n) is 5.91. The van der Waals surface area contributed by atoms with E-state index in [-0.39, 0.29) is 12.2 Å². The molecule has 25 heavy (non-hydrogen) atoms. The molecule has 3 aliphatic rings. The maximum atomic E-state index is 13.7. The fourth-order valence-corrected chi connectivity index (χ4v) is 4.79. The van der Waals surface area contributed by atoms with Gasteiger partial charge in [0.1, 0.15) is 5.54 Å². The zero-order valence-corrected chi connectivity index (χ0v) is 15.3. The molecule has 1 N–H and O–H groups in total. The first kappa shape index (κ1) is 17.0. The molecular weight excluding hydrogens is 314 g/mol. The first-order chi connectivity index (χ1) is 12.1. The van der Waals surface area contributed by atoms with Crippen LogP contribution in [0.15, 0.2) is 24.3 Å². The lowest BCUT2D eigenvalue weighted by Crippen LogP contribution is -2.66. The summed E-state index contributed by atoms with van der Waals surface area (Å²) in [6.45, 7) is 9.31. The van der Waals surface area contributed by atoms with E-state index in [0.717, 1.165) is 52.1 Å². The summed E-state index contributed by atoms with van der Waals surface area (Å²) in [5.41, 5.74) is 2.23. The van der Waals surface area contributed by atoms with E-state index in [1.54, 1.807) is 0 Å². The number of carbonyl (C=O) groups excluding carboxylic acids is 1. The number of benzene rings is 1. The highest BCUT2D eigenvalue weighted by Gasteiger charge is 2.51. The van der Waals surface area contributed by atoms with Crippen LogP contribution in [0.5, 0.6) is 0 Å².